The third-order valence-electron chi connectivity index (χ3n) is 1.51. The molecule has 1 aromatic heterocycles. The number of rotatable bonds is 3. The molecule has 0 aliphatic rings. The molecule has 1 rings (SSSR count). The van der Waals surface area contributed by atoms with E-state index in [4.69, 9.17) is 4.52 Å². The van der Waals surface area contributed by atoms with E-state index >= 15 is 0 Å². The maximum atomic E-state index is 4.80. The summed E-state index contributed by atoms with van der Waals surface area (Å²) in [6.45, 7) is 4.05. The zero-order valence-electron chi connectivity index (χ0n) is 6.42. The van der Waals surface area contributed by atoms with Gasteiger partial charge in [-0.25, -0.2) is 0 Å². The van der Waals surface area contributed by atoms with Crippen LogP contribution in [-0.2, 0) is 6.42 Å². The number of hydrogen-bond donors (Lipinski definition) is 0. The summed E-state index contributed by atoms with van der Waals surface area (Å²) in [6.07, 6.45) is 3.34. The van der Waals surface area contributed by atoms with E-state index in [1.54, 1.807) is 0 Å². The molecule has 0 bridgehead atoms. The Kier molecular flexibility index (Phi) is 2.42. The maximum absolute atomic E-state index is 4.80. The van der Waals surface area contributed by atoms with E-state index in [1.165, 1.54) is 6.42 Å². The third kappa shape index (κ3) is 1.56. The van der Waals surface area contributed by atoms with Gasteiger partial charge >= 0.3 is 0 Å². The minimum absolute atomic E-state index is 0.855. The zero-order valence-corrected chi connectivity index (χ0v) is 6.42. The second-order valence-electron chi connectivity index (χ2n) is 2.38. The first kappa shape index (κ1) is 7.25. The number of unbranched alkanes of at least 4 members (excludes halogenated alkanes) is 1. The van der Waals surface area contributed by atoms with Crippen LogP contribution in [0.2, 0.25) is 0 Å². The average Bonchev–Trinajstić information content (AvgIpc) is 2.31. The van der Waals surface area contributed by atoms with Gasteiger partial charge in [-0.2, -0.15) is 0 Å². The lowest BCUT2D eigenvalue weighted by Crippen LogP contribution is -1.86. The first-order valence-electron chi connectivity index (χ1n) is 3.62. The SMILES string of the molecule is CCCCc1nnoc1C. The lowest BCUT2D eigenvalue weighted by atomic mass is 10.2. The molecule has 10 heavy (non-hydrogen) atoms. The van der Waals surface area contributed by atoms with Gasteiger partial charge in [0.15, 0.2) is 5.76 Å². The van der Waals surface area contributed by atoms with Gasteiger partial charge in [0.05, 0.1) is 0 Å². The molecule has 0 saturated carbocycles. The molecule has 0 aliphatic carbocycles. The van der Waals surface area contributed by atoms with Gasteiger partial charge in [-0.3, -0.25) is 0 Å². The van der Waals surface area contributed by atoms with E-state index in [0.717, 1.165) is 24.3 Å². The number of aryl methyl sites for hydroxylation is 2. The van der Waals surface area contributed by atoms with Crippen molar-refractivity contribution >= 4 is 0 Å². The smallest absolute Gasteiger partial charge is 0.157 e. The summed E-state index contributed by atoms with van der Waals surface area (Å²) in [6, 6.07) is 0. The second-order valence-corrected chi connectivity index (χ2v) is 2.38. The predicted molar refractivity (Wildman–Crippen MR) is 37.6 cm³/mol. The maximum Gasteiger partial charge on any atom is 0.157 e. The van der Waals surface area contributed by atoms with Gasteiger partial charge in [-0.15, -0.1) is 5.10 Å². The number of hydrogen-bond acceptors (Lipinski definition) is 3. The highest BCUT2D eigenvalue weighted by atomic mass is 16.5. The van der Waals surface area contributed by atoms with Crippen LogP contribution in [0.4, 0.5) is 0 Å². The van der Waals surface area contributed by atoms with Crippen molar-refractivity contribution in [1.82, 2.24) is 10.4 Å². The topological polar surface area (TPSA) is 38.9 Å². The van der Waals surface area contributed by atoms with E-state index in [-0.39, 0.29) is 0 Å². The molecule has 0 atom stereocenters. The fourth-order valence-corrected chi connectivity index (χ4v) is 0.824. The van der Waals surface area contributed by atoms with Crippen molar-refractivity contribution in [3.05, 3.63) is 11.5 Å². The fourth-order valence-electron chi connectivity index (χ4n) is 0.824. The molecule has 0 fully saturated rings. The Bertz CT molecular complexity index is 195. The Labute approximate surface area is 60.4 Å². The van der Waals surface area contributed by atoms with Crippen molar-refractivity contribution in [3.63, 3.8) is 0 Å². The summed E-state index contributed by atoms with van der Waals surface area (Å²) >= 11 is 0. The molecule has 0 unspecified atom stereocenters. The van der Waals surface area contributed by atoms with Gasteiger partial charge in [0.1, 0.15) is 5.69 Å². The highest BCUT2D eigenvalue weighted by Crippen LogP contribution is 2.05. The minimum Gasteiger partial charge on any atom is -0.342 e. The van der Waals surface area contributed by atoms with Gasteiger partial charge in [0.25, 0.3) is 0 Å². The van der Waals surface area contributed by atoms with Gasteiger partial charge in [0, 0.05) is 5.27 Å². The molecule has 0 aliphatic heterocycles. The van der Waals surface area contributed by atoms with Crippen LogP contribution in [0.15, 0.2) is 4.52 Å². The summed E-state index contributed by atoms with van der Waals surface area (Å²) in [7, 11) is 0. The lowest BCUT2D eigenvalue weighted by Gasteiger charge is -1.90. The Morgan fingerprint density at radius 2 is 2.30 bits per heavy atom. The van der Waals surface area contributed by atoms with E-state index in [0.29, 0.717) is 0 Å². The van der Waals surface area contributed by atoms with Crippen LogP contribution in [0.25, 0.3) is 0 Å². The van der Waals surface area contributed by atoms with Gasteiger partial charge < -0.3 is 4.52 Å². The number of aromatic nitrogens is 2. The second kappa shape index (κ2) is 3.34. The summed E-state index contributed by atoms with van der Waals surface area (Å²) in [5, 5.41) is 7.29. The Morgan fingerprint density at radius 3 is 2.80 bits per heavy atom. The standard InChI is InChI=1S/C7H12N2O/c1-3-4-5-7-6(2)10-9-8-7/h3-5H2,1-2H3. The third-order valence-corrected chi connectivity index (χ3v) is 1.51. The molecule has 3 heteroatoms. The molecule has 0 N–H and O–H groups in total. The molecule has 0 saturated heterocycles. The molecule has 0 spiro atoms. The lowest BCUT2D eigenvalue weighted by molar-refractivity contribution is 0.373. The molecule has 0 amide bonds. The molecule has 0 aromatic carbocycles. The van der Waals surface area contributed by atoms with Gasteiger partial charge in [0.2, 0.25) is 0 Å². The first-order valence-corrected chi connectivity index (χ1v) is 3.62. The molecule has 0 radical (unpaired) electrons. The molecular formula is C7H12N2O. The van der Waals surface area contributed by atoms with Crippen LogP contribution < -0.4 is 0 Å². The quantitative estimate of drug-likeness (QED) is 0.641. The highest BCUT2D eigenvalue weighted by molar-refractivity contribution is 5.01. The monoisotopic (exact) mass is 140 g/mol. The Morgan fingerprint density at radius 1 is 1.50 bits per heavy atom. The van der Waals surface area contributed by atoms with E-state index in [9.17, 15) is 0 Å². The largest absolute Gasteiger partial charge is 0.342 e. The van der Waals surface area contributed by atoms with Crippen molar-refractivity contribution in [2.24, 2.45) is 0 Å². The van der Waals surface area contributed by atoms with E-state index in [1.807, 2.05) is 6.92 Å². The van der Waals surface area contributed by atoms with Crippen LogP contribution in [-0.4, -0.2) is 10.4 Å². The summed E-state index contributed by atoms with van der Waals surface area (Å²) in [5.41, 5.74) is 1.00. The van der Waals surface area contributed by atoms with Crippen molar-refractivity contribution in [1.29, 1.82) is 0 Å². The van der Waals surface area contributed by atoms with E-state index in [2.05, 4.69) is 17.3 Å². The summed E-state index contributed by atoms with van der Waals surface area (Å²) in [5.74, 6) is 0.855. The summed E-state index contributed by atoms with van der Waals surface area (Å²) in [4.78, 5) is 0. The van der Waals surface area contributed by atoms with Crippen LogP contribution in [0, 0.1) is 6.92 Å². The molecule has 3 nitrogen and oxygen atoms in total. The van der Waals surface area contributed by atoms with Crippen LogP contribution in [0.5, 0.6) is 0 Å². The first-order chi connectivity index (χ1) is 4.84. The van der Waals surface area contributed by atoms with Crippen molar-refractivity contribution in [3.8, 4) is 0 Å². The van der Waals surface area contributed by atoms with Crippen LogP contribution >= 0.6 is 0 Å². The number of nitrogens with zero attached hydrogens (tertiary/aromatic N) is 2. The highest BCUT2D eigenvalue weighted by Gasteiger charge is 2.02. The molecular weight excluding hydrogens is 128 g/mol. The zero-order chi connectivity index (χ0) is 7.40. The Balaban J connectivity index is 2.49. The van der Waals surface area contributed by atoms with Gasteiger partial charge in [-0.1, -0.05) is 13.3 Å². The van der Waals surface area contributed by atoms with Crippen molar-refractivity contribution < 1.29 is 4.52 Å². The average molecular weight is 140 g/mol. The van der Waals surface area contributed by atoms with Crippen molar-refractivity contribution in [2.45, 2.75) is 33.1 Å². The normalized spacial score (nSPS) is 10.2. The molecule has 56 valence electrons. The molecule has 1 heterocycles. The van der Waals surface area contributed by atoms with Crippen LogP contribution in [0.3, 0.4) is 0 Å². The fraction of sp³-hybridized carbons (Fsp3) is 0.714. The predicted octanol–water partition coefficient (Wildman–Crippen LogP) is 1.72. The minimum atomic E-state index is 0.855. The van der Waals surface area contributed by atoms with E-state index < -0.39 is 0 Å². The summed E-state index contributed by atoms with van der Waals surface area (Å²) < 4.78 is 4.80. The Hall–Kier alpha value is -0.860. The van der Waals surface area contributed by atoms with Crippen molar-refractivity contribution in [2.75, 3.05) is 0 Å². The van der Waals surface area contributed by atoms with Crippen LogP contribution in [0.1, 0.15) is 31.2 Å². The molecule has 1 aromatic rings. The van der Waals surface area contributed by atoms with Gasteiger partial charge in [-0.05, 0) is 19.8 Å².